The van der Waals surface area contributed by atoms with Crippen LogP contribution in [0.1, 0.15) is 27.7 Å². The van der Waals surface area contributed by atoms with Gasteiger partial charge >= 0.3 is 0 Å². The van der Waals surface area contributed by atoms with Gasteiger partial charge in [-0.15, -0.1) is 0 Å². The third kappa shape index (κ3) is 3.98. The van der Waals surface area contributed by atoms with Crippen molar-refractivity contribution in [3.63, 3.8) is 0 Å². The molecule has 0 aliphatic heterocycles. The molecule has 1 atom stereocenters. The normalized spacial score (nSPS) is 12.8. The topological polar surface area (TPSA) is 114 Å². The minimum absolute atomic E-state index is 0.166. The summed E-state index contributed by atoms with van der Waals surface area (Å²) in [6, 6.07) is 10.2. The standard InChI is InChI=1S/C15H19N3O4S/c1-10-12(8-14(22-10)23(20,21)17-2)15(19)18-9-13(16)11-6-4-3-5-7-11/h3-8,13,17H,9,16H2,1-2H3,(H,18,19). The van der Waals surface area contributed by atoms with Crippen LogP contribution in [-0.2, 0) is 10.0 Å². The van der Waals surface area contributed by atoms with Gasteiger partial charge in [-0.05, 0) is 19.5 Å². The number of nitrogens with one attached hydrogen (secondary N) is 2. The van der Waals surface area contributed by atoms with Crippen LogP contribution in [0.4, 0.5) is 0 Å². The first-order chi connectivity index (χ1) is 10.8. The highest BCUT2D eigenvalue weighted by atomic mass is 32.2. The van der Waals surface area contributed by atoms with Gasteiger partial charge in [-0.25, -0.2) is 13.1 Å². The molecule has 1 aromatic carbocycles. The van der Waals surface area contributed by atoms with E-state index < -0.39 is 15.9 Å². The molecular formula is C15H19N3O4S. The molecule has 124 valence electrons. The second-order valence-corrected chi connectivity index (χ2v) is 6.79. The molecule has 0 saturated heterocycles. The minimum atomic E-state index is -3.73. The summed E-state index contributed by atoms with van der Waals surface area (Å²) in [5.74, 6) is -0.209. The van der Waals surface area contributed by atoms with E-state index >= 15 is 0 Å². The zero-order valence-corrected chi connectivity index (χ0v) is 13.7. The van der Waals surface area contributed by atoms with Crippen LogP contribution >= 0.6 is 0 Å². The van der Waals surface area contributed by atoms with Crippen molar-refractivity contribution in [2.75, 3.05) is 13.6 Å². The molecule has 7 nitrogen and oxygen atoms in total. The number of carbonyl (C=O) groups excluding carboxylic acids is 1. The van der Waals surface area contributed by atoms with E-state index in [9.17, 15) is 13.2 Å². The van der Waals surface area contributed by atoms with E-state index in [0.29, 0.717) is 0 Å². The molecule has 23 heavy (non-hydrogen) atoms. The maximum atomic E-state index is 12.2. The lowest BCUT2D eigenvalue weighted by atomic mass is 10.1. The molecule has 2 rings (SSSR count). The molecule has 2 aromatic rings. The number of carbonyl (C=O) groups is 1. The Morgan fingerprint density at radius 1 is 1.30 bits per heavy atom. The van der Waals surface area contributed by atoms with Gasteiger partial charge in [0.2, 0.25) is 5.09 Å². The van der Waals surface area contributed by atoms with Crippen LogP contribution in [0.3, 0.4) is 0 Å². The summed E-state index contributed by atoms with van der Waals surface area (Å²) in [6.07, 6.45) is 0. The molecule has 0 fully saturated rings. The lowest BCUT2D eigenvalue weighted by molar-refractivity contribution is 0.0949. The summed E-state index contributed by atoms with van der Waals surface area (Å²) < 4.78 is 30.6. The Bertz CT molecular complexity index is 784. The lowest BCUT2D eigenvalue weighted by Crippen LogP contribution is -2.32. The van der Waals surface area contributed by atoms with Gasteiger partial charge in [0.15, 0.2) is 0 Å². The van der Waals surface area contributed by atoms with Crippen LogP contribution < -0.4 is 15.8 Å². The highest BCUT2D eigenvalue weighted by Crippen LogP contribution is 2.19. The Morgan fingerprint density at radius 3 is 2.57 bits per heavy atom. The van der Waals surface area contributed by atoms with Gasteiger partial charge in [0.1, 0.15) is 5.76 Å². The Hall–Kier alpha value is -2.16. The van der Waals surface area contributed by atoms with E-state index in [1.165, 1.54) is 20.0 Å². The van der Waals surface area contributed by atoms with Gasteiger partial charge in [0.05, 0.1) is 5.56 Å². The second kappa shape index (κ2) is 6.95. The van der Waals surface area contributed by atoms with Crippen LogP contribution in [0.5, 0.6) is 0 Å². The lowest BCUT2D eigenvalue weighted by Gasteiger charge is -2.12. The Kier molecular flexibility index (Phi) is 5.19. The largest absolute Gasteiger partial charge is 0.448 e. The molecule has 8 heteroatoms. The van der Waals surface area contributed by atoms with Crippen molar-refractivity contribution >= 4 is 15.9 Å². The van der Waals surface area contributed by atoms with E-state index in [1.807, 2.05) is 30.3 Å². The fourth-order valence-corrected chi connectivity index (χ4v) is 2.74. The molecule has 1 aromatic heterocycles. The number of benzene rings is 1. The number of rotatable bonds is 6. The SMILES string of the molecule is CNS(=O)(=O)c1cc(C(=O)NCC(N)c2ccccc2)c(C)o1. The number of furan rings is 1. The first-order valence-electron chi connectivity index (χ1n) is 6.98. The summed E-state index contributed by atoms with van der Waals surface area (Å²) >= 11 is 0. The molecule has 0 radical (unpaired) electrons. The molecule has 1 amide bonds. The molecule has 0 spiro atoms. The number of sulfonamides is 1. The van der Waals surface area contributed by atoms with Gasteiger partial charge in [-0.2, -0.15) is 0 Å². The smallest absolute Gasteiger partial charge is 0.273 e. The van der Waals surface area contributed by atoms with Gasteiger partial charge < -0.3 is 15.5 Å². The van der Waals surface area contributed by atoms with Crippen molar-refractivity contribution in [3.8, 4) is 0 Å². The fraction of sp³-hybridized carbons (Fsp3) is 0.267. The molecule has 4 N–H and O–H groups in total. The maximum Gasteiger partial charge on any atom is 0.273 e. The third-order valence-electron chi connectivity index (χ3n) is 3.38. The Balaban J connectivity index is 2.07. The van der Waals surface area contributed by atoms with Crippen molar-refractivity contribution in [3.05, 3.63) is 53.3 Å². The number of aryl methyl sites for hydroxylation is 1. The highest BCUT2D eigenvalue weighted by Gasteiger charge is 2.22. The number of nitrogens with two attached hydrogens (primary N) is 1. The molecule has 0 aliphatic rings. The summed E-state index contributed by atoms with van der Waals surface area (Å²) in [7, 11) is -2.46. The number of hydrogen-bond acceptors (Lipinski definition) is 5. The zero-order valence-electron chi connectivity index (χ0n) is 12.9. The Labute approximate surface area is 134 Å². The molecule has 0 saturated carbocycles. The van der Waals surface area contributed by atoms with Crippen LogP contribution in [-0.4, -0.2) is 27.9 Å². The molecule has 1 heterocycles. The number of hydrogen-bond donors (Lipinski definition) is 3. The predicted octanol–water partition coefficient (Wildman–Crippen LogP) is 0.926. The van der Waals surface area contributed by atoms with Crippen LogP contribution in [0.2, 0.25) is 0 Å². The van der Waals surface area contributed by atoms with E-state index in [0.717, 1.165) is 5.56 Å². The van der Waals surface area contributed by atoms with Gasteiger partial charge in [-0.3, -0.25) is 4.79 Å². The fourth-order valence-electron chi connectivity index (χ4n) is 2.03. The molecule has 0 aliphatic carbocycles. The third-order valence-corrected chi connectivity index (χ3v) is 4.65. The minimum Gasteiger partial charge on any atom is -0.448 e. The molecule has 0 bridgehead atoms. The summed E-state index contributed by atoms with van der Waals surface area (Å²) in [4.78, 5) is 12.2. The van der Waals surface area contributed by atoms with Crippen molar-refractivity contribution in [2.24, 2.45) is 5.73 Å². The van der Waals surface area contributed by atoms with Crippen molar-refractivity contribution < 1.29 is 17.6 Å². The first kappa shape index (κ1) is 17.2. The summed E-state index contributed by atoms with van der Waals surface area (Å²) in [6.45, 7) is 1.75. The van der Waals surface area contributed by atoms with E-state index in [1.54, 1.807) is 0 Å². The monoisotopic (exact) mass is 337 g/mol. The average molecular weight is 337 g/mol. The van der Waals surface area contributed by atoms with Gasteiger partial charge in [0.25, 0.3) is 15.9 Å². The predicted molar refractivity (Wildman–Crippen MR) is 85.4 cm³/mol. The van der Waals surface area contributed by atoms with Gasteiger partial charge in [0, 0.05) is 18.7 Å². The zero-order chi connectivity index (χ0) is 17.0. The number of amides is 1. The van der Waals surface area contributed by atoms with E-state index in [2.05, 4.69) is 10.0 Å². The summed E-state index contributed by atoms with van der Waals surface area (Å²) in [5.41, 5.74) is 7.08. The molecular weight excluding hydrogens is 318 g/mol. The van der Waals surface area contributed by atoms with Crippen molar-refractivity contribution in [1.82, 2.24) is 10.0 Å². The quantitative estimate of drug-likeness (QED) is 0.725. The Morgan fingerprint density at radius 2 is 1.96 bits per heavy atom. The second-order valence-electron chi connectivity index (χ2n) is 4.97. The molecule has 1 unspecified atom stereocenters. The van der Waals surface area contributed by atoms with Crippen LogP contribution in [0.25, 0.3) is 0 Å². The first-order valence-corrected chi connectivity index (χ1v) is 8.46. The van der Waals surface area contributed by atoms with E-state index in [-0.39, 0.29) is 29.0 Å². The maximum absolute atomic E-state index is 12.2. The average Bonchev–Trinajstić information content (AvgIpc) is 2.96. The summed E-state index contributed by atoms with van der Waals surface area (Å²) in [5, 5.41) is 2.39. The van der Waals surface area contributed by atoms with Crippen molar-refractivity contribution in [1.29, 1.82) is 0 Å². The van der Waals surface area contributed by atoms with Gasteiger partial charge in [-0.1, -0.05) is 30.3 Å². The van der Waals surface area contributed by atoms with Crippen LogP contribution in [0, 0.1) is 6.92 Å². The van der Waals surface area contributed by atoms with E-state index in [4.69, 9.17) is 10.2 Å². The van der Waals surface area contributed by atoms with Crippen molar-refractivity contribution in [2.45, 2.75) is 18.1 Å². The highest BCUT2D eigenvalue weighted by molar-refractivity contribution is 7.89. The van der Waals surface area contributed by atoms with Crippen LogP contribution in [0.15, 0.2) is 45.9 Å².